The third kappa shape index (κ3) is 3.28. The Balaban J connectivity index is 2.37. The maximum Gasteiger partial charge on any atom is 0.336 e. The summed E-state index contributed by atoms with van der Waals surface area (Å²) in [7, 11) is 0. The number of carbonyl (C=O) groups is 1. The fourth-order valence-electron chi connectivity index (χ4n) is 2.02. The first-order chi connectivity index (χ1) is 9.10. The van der Waals surface area contributed by atoms with Gasteiger partial charge in [-0.1, -0.05) is 13.3 Å². The van der Waals surface area contributed by atoms with Crippen molar-refractivity contribution < 1.29 is 13.6 Å². The number of hydrogen-bond donors (Lipinski definition) is 0. The normalized spacial score (nSPS) is 10.8. The van der Waals surface area contributed by atoms with Crippen LogP contribution in [0.2, 0.25) is 0 Å². The fourth-order valence-corrected chi connectivity index (χ4v) is 2.02. The summed E-state index contributed by atoms with van der Waals surface area (Å²) in [5, 5.41) is 0.617. The summed E-state index contributed by atoms with van der Waals surface area (Å²) in [6.45, 7) is 2.02. The van der Waals surface area contributed by atoms with Gasteiger partial charge >= 0.3 is 5.63 Å². The molecule has 0 bridgehead atoms. The molecular formula is C15H15FO3. The van der Waals surface area contributed by atoms with Crippen molar-refractivity contribution in [2.45, 2.75) is 32.6 Å². The van der Waals surface area contributed by atoms with Gasteiger partial charge in [0.25, 0.3) is 0 Å². The molecule has 0 spiro atoms. The Hall–Kier alpha value is -1.97. The Morgan fingerprint density at radius 2 is 2.11 bits per heavy atom. The number of halogens is 1. The van der Waals surface area contributed by atoms with E-state index >= 15 is 0 Å². The number of rotatable bonds is 5. The van der Waals surface area contributed by atoms with Crippen LogP contribution in [0.1, 0.15) is 31.7 Å². The molecule has 2 aromatic rings. The quantitative estimate of drug-likeness (QED) is 0.777. The first-order valence-electron chi connectivity index (χ1n) is 6.34. The lowest BCUT2D eigenvalue weighted by atomic mass is 10.0. The molecule has 0 fully saturated rings. The predicted octanol–water partition coefficient (Wildman–Crippen LogP) is 3.23. The van der Waals surface area contributed by atoms with Crippen LogP contribution in [-0.4, -0.2) is 5.78 Å². The zero-order valence-electron chi connectivity index (χ0n) is 10.7. The van der Waals surface area contributed by atoms with Gasteiger partial charge in [-0.15, -0.1) is 0 Å². The van der Waals surface area contributed by atoms with Crippen molar-refractivity contribution in [1.29, 1.82) is 0 Å². The molecule has 1 heterocycles. The van der Waals surface area contributed by atoms with Crippen molar-refractivity contribution in [3.05, 3.63) is 46.1 Å². The summed E-state index contributed by atoms with van der Waals surface area (Å²) in [4.78, 5) is 23.2. The molecule has 0 saturated carbocycles. The van der Waals surface area contributed by atoms with Crippen LogP contribution in [0.5, 0.6) is 0 Å². The van der Waals surface area contributed by atoms with E-state index in [1.165, 1.54) is 18.2 Å². The van der Waals surface area contributed by atoms with E-state index < -0.39 is 11.4 Å². The van der Waals surface area contributed by atoms with Gasteiger partial charge in [0.15, 0.2) is 0 Å². The lowest BCUT2D eigenvalue weighted by Crippen LogP contribution is -2.07. The molecule has 0 N–H and O–H groups in total. The lowest BCUT2D eigenvalue weighted by molar-refractivity contribution is -0.118. The molecule has 0 aliphatic heterocycles. The van der Waals surface area contributed by atoms with E-state index in [1.807, 2.05) is 6.92 Å². The molecule has 3 nitrogen and oxygen atoms in total. The van der Waals surface area contributed by atoms with Gasteiger partial charge in [-0.25, -0.2) is 9.18 Å². The number of benzene rings is 1. The number of ketones is 1. The lowest BCUT2D eigenvalue weighted by Gasteiger charge is -2.04. The molecule has 1 aromatic heterocycles. The molecule has 1 aromatic carbocycles. The predicted molar refractivity (Wildman–Crippen MR) is 70.7 cm³/mol. The van der Waals surface area contributed by atoms with Crippen LogP contribution in [0.3, 0.4) is 0 Å². The van der Waals surface area contributed by atoms with Crippen molar-refractivity contribution >= 4 is 16.8 Å². The zero-order valence-corrected chi connectivity index (χ0v) is 10.7. The van der Waals surface area contributed by atoms with Gasteiger partial charge in [0, 0.05) is 30.4 Å². The van der Waals surface area contributed by atoms with Gasteiger partial charge in [0.2, 0.25) is 0 Å². The number of hydrogen-bond acceptors (Lipinski definition) is 3. The molecule has 0 radical (unpaired) electrons. The Bertz CT molecular complexity index is 658. The van der Waals surface area contributed by atoms with E-state index in [1.54, 1.807) is 0 Å². The van der Waals surface area contributed by atoms with Gasteiger partial charge in [0.05, 0.1) is 0 Å². The Morgan fingerprint density at radius 3 is 2.84 bits per heavy atom. The van der Waals surface area contributed by atoms with E-state index in [9.17, 15) is 14.0 Å². The van der Waals surface area contributed by atoms with Gasteiger partial charge in [0.1, 0.15) is 17.2 Å². The number of carbonyl (C=O) groups excluding carboxylic acids is 1. The number of fused-ring (bicyclic) bond motifs is 1. The molecule has 4 heteroatoms. The summed E-state index contributed by atoms with van der Waals surface area (Å²) < 4.78 is 18.0. The fraction of sp³-hybridized carbons (Fsp3) is 0.333. The highest BCUT2D eigenvalue weighted by molar-refractivity contribution is 5.88. The van der Waals surface area contributed by atoms with Crippen molar-refractivity contribution in [1.82, 2.24) is 0 Å². The second-order valence-electron chi connectivity index (χ2n) is 4.55. The second kappa shape index (κ2) is 5.78. The topological polar surface area (TPSA) is 47.3 Å². The third-order valence-electron chi connectivity index (χ3n) is 2.99. The monoisotopic (exact) mass is 262 g/mol. The molecule has 0 atom stereocenters. The van der Waals surface area contributed by atoms with E-state index in [4.69, 9.17) is 4.42 Å². The highest BCUT2D eigenvalue weighted by atomic mass is 19.1. The summed E-state index contributed by atoms with van der Waals surface area (Å²) >= 11 is 0. The maximum atomic E-state index is 13.1. The van der Waals surface area contributed by atoms with Gasteiger partial charge in [-0.3, -0.25) is 4.79 Å². The molecule has 0 aliphatic carbocycles. The van der Waals surface area contributed by atoms with Crippen molar-refractivity contribution in [3.63, 3.8) is 0 Å². The summed E-state index contributed by atoms with van der Waals surface area (Å²) in [6, 6.07) is 5.30. The first kappa shape index (κ1) is 13.5. The van der Waals surface area contributed by atoms with Crippen LogP contribution in [0, 0.1) is 5.82 Å². The average Bonchev–Trinajstić information content (AvgIpc) is 2.35. The minimum Gasteiger partial charge on any atom is -0.423 e. The van der Waals surface area contributed by atoms with Gasteiger partial charge in [-0.2, -0.15) is 0 Å². The molecular weight excluding hydrogens is 247 g/mol. The van der Waals surface area contributed by atoms with E-state index in [0.717, 1.165) is 18.9 Å². The molecule has 0 amide bonds. The molecule has 2 rings (SSSR count). The summed E-state index contributed by atoms with van der Waals surface area (Å²) in [5.74, 6) is -0.386. The molecule has 19 heavy (non-hydrogen) atoms. The van der Waals surface area contributed by atoms with Crippen LogP contribution in [0.15, 0.2) is 33.5 Å². The Labute approximate surface area is 110 Å². The largest absolute Gasteiger partial charge is 0.423 e. The second-order valence-corrected chi connectivity index (χ2v) is 4.55. The molecule has 0 aliphatic rings. The summed E-state index contributed by atoms with van der Waals surface area (Å²) in [6.07, 6.45) is 2.48. The summed E-state index contributed by atoms with van der Waals surface area (Å²) in [5.41, 5.74) is 0.231. The molecule has 100 valence electrons. The standard InChI is InChI=1S/C15H15FO3/c1-2-3-4-12(17)7-10-8-15(18)19-14-9-11(16)5-6-13(10)14/h5-6,8-9H,2-4,7H2,1H3. The van der Waals surface area contributed by atoms with Crippen LogP contribution < -0.4 is 5.63 Å². The SMILES string of the molecule is CCCCC(=O)Cc1cc(=O)oc2cc(F)ccc12. The van der Waals surface area contributed by atoms with Crippen LogP contribution >= 0.6 is 0 Å². The first-order valence-corrected chi connectivity index (χ1v) is 6.34. The van der Waals surface area contributed by atoms with E-state index in [-0.39, 0.29) is 17.8 Å². The Kier molecular flexibility index (Phi) is 4.10. The molecule has 0 saturated heterocycles. The van der Waals surface area contributed by atoms with Crippen molar-refractivity contribution in [2.75, 3.05) is 0 Å². The minimum atomic E-state index is -0.559. The van der Waals surface area contributed by atoms with Gasteiger partial charge in [-0.05, 0) is 24.1 Å². The minimum absolute atomic E-state index is 0.0816. The van der Waals surface area contributed by atoms with Gasteiger partial charge < -0.3 is 4.42 Å². The number of unbranched alkanes of at least 4 members (excludes halogenated alkanes) is 1. The van der Waals surface area contributed by atoms with Crippen LogP contribution in [0.25, 0.3) is 11.0 Å². The Morgan fingerprint density at radius 1 is 1.32 bits per heavy atom. The smallest absolute Gasteiger partial charge is 0.336 e. The maximum absolute atomic E-state index is 13.1. The average molecular weight is 262 g/mol. The molecule has 0 unspecified atom stereocenters. The van der Waals surface area contributed by atoms with Crippen LogP contribution in [-0.2, 0) is 11.2 Å². The number of Topliss-reactive ketones (excluding diaryl/α,β-unsaturated/α-hetero) is 1. The van der Waals surface area contributed by atoms with E-state index in [2.05, 4.69) is 0 Å². The van der Waals surface area contributed by atoms with Crippen molar-refractivity contribution in [2.24, 2.45) is 0 Å². The highest BCUT2D eigenvalue weighted by Gasteiger charge is 2.10. The van der Waals surface area contributed by atoms with Crippen molar-refractivity contribution in [3.8, 4) is 0 Å². The third-order valence-corrected chi connectivity index (χ3v) is 2.99. The highest BCUT2D eigenvalue weighted by Crippen LogP contribution is 2.19. The van der Waals surface area contributed by atoms with E-state index in [0.29, 0.717) is 17.4 Å². The zero-order chi connectivity index (χ0) is 13.8. The van der Waals surface area contributed by atoms with Crippen LogP contribution in [0.4, 0.5) is 4.39 Å².